The molecule has 4 nitrogen and oxygen atoms in total. The molecule has 0 atom stereocenters. The van der Waals surface area contributed by atoms with E-state index in [1.807, 2.05) is 42.5 Å². The number of hydrogen-bond acceptors (Lipinski definition) is 5. The molecule has 20 heavy (non-hydrogen) atoms. The first-order valence-corrected chi connectivity index (χ1v) is 7.14. The molecule has 3 rings (SSSR count). The third kappa shape index (κ3) is 3.00. The van der Waals surface area contributed by atoms with Crippen LogP contribution in [0.5, 0.6) is 0 Å². The van der Waals surface area contributed by atoms with Gasteiger partial charge in [0, 0.05) is 5.56 Å². The lowest BCUT2D eigenvalue weighted by molar-refractivity contribution is 0.530. The summed E-state index contributed by atoms with van der Waals surface area (Å²) < 4.78 is 5.73. The van der Waals surface area contributed by atoms with E-state index in [0.29, 0.717) is 17.3 Å². The predicted molar refractivity (Wildman–Crippen MR) is 80.1 cm³/mol. The highest BCUT2D eigenvalue weighted by Gasteiger charge is 2.06. The predicted octanol–water partition coefficient (Wildman–Crippen LogP) is 3.61. The number of rotatable bonds is 4. The fourth-order valence-electron chi connectivity index (χ4n) is 1.73. The first kappa shape index (κ1) is 12.7. The molecule has 0 amide bonds. The van der Waals surface area contributed by atoms with Crippen molar-refractivity contribution in [2.45, 2.75) is 10.8 Å². The Kier molecular flexibility index (Phi) is 3.69. The van der Waals surface area contributed by atoms with E-state index in [4.69, 9.17) is 10.2 Å². The summed E-state index contributed by atoms with van der Waals surface area (Å²) in [6.45, 7) is 0. The summed E-state index contributed by atoms with van der Waals surface area (Å²) in [5.41, 5.74) is 7.29. The summed E-state index contributed by atoms with van der Waals surface area (Å²) >= 11 is 1.57. The molecule has 0 bridgehead atoms. The Morgan fingerprint density at radius 2 is 1.85 bits per heavy atom. The van der Waals surface area contributed by atoms with Gasteiger partial charge in [0.2, 0.25) is 5.89 Å². The van der Waals surface area contributed by atoms with Crippen LogP contribution < -0.4 is 5.73 Å². The second-order valence-electron chi connectivity index (χ2n) is 4.20. The zero-order valence-corrected chi connectivity index (χ0v) is 11.5. The molecule has 5 heteroatoms. The van der Waals surface area contributed by atoms with E-state index in [0.717, 1.165) is 16.3 Å². The third-order valence-corrected chi connectivity index (χ3v) is 3.64. The van der Waals surface area contributed by atoms with Crippen molar-refractivity contribution in [3.05, 3.63) is 60.7 Å². The molecule has 0 fully saturated rings. The van der Waals surface area contributed by atoms with Gasteiger partial charge in [0.25, 0.3) is 0 Å². The molecular weight excluding hydrogens is 270 g/mol. The Labute approximate surface area is 121 Å². The molecule has 0 spiro atoms. The zero-order valence-electron chi connectivity index (χ0n) is 10.7. The van der Waals surface area contributed by atoms with Gasteiger partial charge in [-0.3, -0.25) is 0 Å². The van der Waals surface area contributed by atoms with E-state index in [1.165, 1.54) is 0 Å². The number of aromatic nitrogens is 2. The monoisotopic (exact) mass is 283 g/mol. The fraction of sp³-hybridized carbons (Fsp3) is 0.0667. The fourth-order valence-corrected chi connectivity index (χ4v) is 2.42. The van der Waals surface area contributed by atoms with Gasteiger partial charge in [0.1, 0.15) is 0 Å². The van der Waals surface area contributed by atoms with E-state index >= 15 is 0 Å². The topological polar surface area (TPSA) is 64.9 Å². The molecular formula is C15H13N3OS. The van der Waals surface area contributed by atoms with Crippen LogP contribution in [0.4, 0.5) is 5.69 Å². The van der Waals surface area contributed by atoms with Gasteiger partial charge in [-0.25, -0.2) is 9.97 Å². The summed E-state index contributed by atoms with van der Waals surface area (Å²) in [5, 5.41) is 0.902. The van der Waals surface area contributed by atoms with E-state index in [-0.39, 0.29) is 0 Å². The van der Waals surface area contributed by atoms with Crippen molar-refractivity contribution in [1.82, 2.24) is 9.97 Å². The van der Waals surface area contributed by atoms with E-state index in [2.05, 4.69) is 9.97 Å². The Morgan fingerprint density at radius 1 is 1.00 bits per heavy atom. The van der Waals surface area contributed by atoms with Crippen LogP contribution >= 0.6 is 11.8 Å². The average molecular weight is 283 g/mol. The van der Waals surface area contributed by atoms with Gasteiger partial charge in [-0.2, -0.15) is 0 Å². The lowest BCUT2D eigenvalue weighted by Crippen LogP contribution is -1.87. The molecule has 1 aromatic carbocycles. The van der Waals surface area contributed by atoms with Crippen LogP contribution in [-0.4, -0.2) is 9.97 Å². The maximum Gasteiger partial charge on any atom is 0.205 e. The normalized spacial score (nSPS) is 10.6. The van der Waals surface area contributed by atoms with E-state index < -0.39 is 0 Å². The van der Waals surface area contributed by atoms with E-state index in [9.17, 15) is 0 Å². The summed E-state index contributed by atoms with van der Waals surface area (Å²) in [6, 6.07) is 13.7. The van der Waals surface area contributed by atoms with Gasteiger partial charge >= 0.3 is 0 Å². The largest absolute Gasteiger partial charge is 0.440 e. The third-order valence-electron chi connectivity index (χ3n) is 2.71. The van der Waals surface area contributed by atoms with Crippen LogP contribution in [0.2, 0.25) is 0 Å². The number of nitrogens with two attached hydrogens (primary N) is 1. The van der Waals surface area contributed by atoms with Crippen molar-refractivity contribution in [2.75, 3.05) is 5.73 Å². The summed E-state index contributed by atoms with van der Waals surface area (Å²) in [5.74, 6) is 2.11. The molecule has 2 N–H and O–H groups in total. The lowest BCUT2D eigenvalue weighted by Gasteiger charge is -1.98. The Balaban J connectivity index is 1.67. The number of oxazole rings is 1. The number of benzene rings is 1. The summed E-state index contributed by atoms with van der Waals surface area (Å²) in [4.78, 5) is 8.51. The molecule has 0 aliphatic rings. The van der Waals surface area contributed by atoms with Gasteiger partial charge < -0.3 is 10.2 Å². The maximum atomic E-state index is 5.73. The van der Waals surface area contributed by atoms with Crippen molar-refractivity contribution in [3.63, 3.8) is 0 Å². The van der Waals surface area contributed by atoms with Crippen LogP contribution in [0.3, 0.4) is 0 Å². The van der Waals surface area contributed by atoms with Gasteiger partial charge in [-0.1, -0.05) is 42.1 Å². The summed E-state index contributed by atoms with van der Waals surface area (Å²) in [7, 11) is 0. The van der Waals surface area contributed by atoms with E-state index in [1.54, 1.807) is 24.2 Å². The highest BCUT2D eigenvalue weighted by molar-refractivity contribution is 7.98. The molecule has 2 heterocycles. The molecule has 2 aromatic heterocycles. The van der Waals surface area contributed by atoms with Gasteiger partial charge in [0.15, 0.2) is 5.76 Å². The molecule has 0 saturated heterocycles. The minimum atomic E-state index is 0.643. The van der Waals surface area contributed by atoms with Crippen LogP contribution in [0.1, 0.15) is 5.89 Å². The molecule has 0 saturated carbocycles. The van der Waals surface area contributed by atoms with Crippen molar-refractivity contribution in [2.24, 2.45) is 0 Å². The quantitative estimate of drug-likeness (QED) is 0.741. The smallest absolute Gasteiger partial charge is 0.205 e. The number of anilines is 1. The molecule has 0 aliphatic carbocycles. The highest BCUT2D eigenvalue weighted by Crippen LogP contribution is 2.24. The second-order valence-corrected chi connectivity index (χ2v) is 5.20. The van der Waals surface area contributed by atoms with Crippen LogP contribution in [0.15, 0.2) is 64.3 Å². The standard InChI is InChI=1S/C15H13N3OS/c16-12-6-7-15(18-8-12)20-10-14-17-9-13(19-14)11-4-2-1-3-5-11/h1-9H,10,16H2. The second kappa shape index (κ2) is 5.79. The minimum absolute atomic E-state index is 0.643. The first-order chi connectivity index (χ1) is 9.81. The molecule has 0 aliphatic heterocycles. The van der Waals surface area contributed by atoms with Crippen molar-refractivity contribution >= 4 is 17.4 Å². The van der Waals surface area contributed by atoms with Gasteiger partial charge in [-0.05, 0) is 12.1 Å². The van der Waals surface area contributed by atoms with Crippen LogP contribution in [0, 0.1) is 0 Å². The SMILES string of the molecule is Nc1ccc(SCc2ncc(-c3ccccc3)o2)nc1. The number of nitrogens with zero attached hydrogens (tertiary/aromatic N) is 2. The number of pyridine rings is 1. The number of nitrogen functional groups attached to an aromatic ring is 1. The Bertz CT molecular complexity index is 680. The van der Waals surface area contributed by atoms with Crippen LogP contribution in [-0.2, 0) is 5.75 Å². The average Bonchev–Trinajstić information content (AvgIpc) is 2.97. The lowest BCUT2D eigenvalue weighted by atomic mass is 10.2. The van der Waals surface area contributed by atoms with Crippen molar-refractivity contribution < 1.29 is 4.42 Å². The summed E-state index contributed by atoms with van der Waals surface area (Å²) in [6.07, 6.45) is 3.40. The Morgan fingerprint density at radius 3 is 2.60 bits per heavy atom. The molecule has 0 unspecified atom stereocenters. The van der Waals surface area contributed by atoms with Gasteiger partial charge in [-0.15, -0.1) is 0 Å². The van der Waals surface area contributed by atoms with Crippen LogP contribution in [0.25, 0.3) is 11.3 Å². The maximum absolute atomic E-state index is 5.73. The number of thioether (sulfide) groups is 1. The van der Waals surface area contributed by atoms with Crippen molar-refractivity contribution in [3.8, 4) is 11.3 Å². The molecule has 0 radical (unpaired) electrons. The van der Waals surface area contributed by atoms with Crippen molar-refractivity contribution in [1.29, 1.82) is 0 Å². The number of hydrogen-bond donors (Lipinski definition) is 1. The Hall–Kier alpha value is -2.27. The minimum Gasteiger partial charge on any atom is -0.440 e. The molecule has 3 aromatic rings. The zero-order chi connectivity index (χ0) is 13.8. The van der Waals surface area contributed by atoms with Gasteiger partial charge in [0.05, 0.1) is 28.9 Å². The highest BCUT2D eigenvalue weighted by atomic mass is 32.2. The first-order valence-electron chi connectivity index (χ1n) is 6.16. The molecule has 100 valence electrons.